The Bertz CT molecular complexity index is 454. The average Bonchev–Trinajstić information content (AvgIpc) is 2.24. The Morgan fingerprint density at radius 2 is 1.72 bits per heavy atom. The topological polar surface area (TPSA) is 69.4 Å². The van der Waals surface area contributed by atoms with Gasteiger partial charge in [0.1, 0.15) is 0 Å². The Balaban J connectivity index is 3.01. The number of ether oxygens (including phenoxy) is 1. The monoisotopic (exact) mass is 261 g/mol. The van der Waals surface area contributed by atoms with Crippen LogP contribution in [-0.2, 0) is 20.5 Å². The fourth-order valence-corrected chi connectivity index (χ4v) is 1.30. The number of benzene rings is 1. The van der Waals surface area contributed by atoms with E-state index < -0.39 is 29.7 Å². The minimum absolute atomic E-state index is 0.0886. The van der Waals surface area contributed by atoms with Crippen LogP contribution in [0.15, 0.2) is 24.3 Å². The SMILES string of the molecule is CC(=O)O[C@H](C(N)=O)c1ccc(C(F)(F)F)cc1. The number of carbonyl (C=O) groups excluding carboxylic acids is 2. The van der Waals surface area contributed by atoms with Crippen LogP contribution < -0.4 is 5.73 Å². The molecule has 0 saturated carbocycles. The number of carbonyl (C=O) groups is 2. The highest BCUT2D eigenvalue weighted by Crippen LogP contribution is 2.30. The van der Waals surface area contributed by atoms with Gasteiger partial charge in [-0.05, 0) is 12.1 Å². The van der Waals surface area contributed by atoms with Crippen LogP contribution in [-0.4, -0.2) is 11.9 Å². The van der Waals surface area contributed by atoms with Gasteiger partial charge in [-0.2, -0.15) is 13.2 Å². The third-order valence-electron chi connectivity index (χ3n) is 2.08. The molecule has 1 amide bonds. The van der Waals surface area contributed by atoms with E-state index >= 15 is 0 Å². The summed E-state index contributed by atoms with van der Waals surface area (Å²) in [5, 5.41) is 0. The first-order chi connectivity index (χ1) is 8.21. The molecule has 0 aliphatic heterocycles. The van der Waals surface area contributed by atoms with Crippen LogP contribution in [0.1, 0.15) is 24.2 Å². The van der Waals surface area contributed by atoms with E-state index in [1.807, 2.05) is 0 Å². The molecule has 0 aromatic heterocycles. The number of primary amides is 1. The minimum atomic E-state index is -4.47. The molecule has 1 aromatic carbocycles. The Hall–Kier alpha value is -2.05. The van der Waals surface area contributed by atoms with Crippen molar-refractivity contribution in [2.24, 2.45) is 5.73 Å². The highest BCUT2D eigenvalue weighted by atomic mass is 19.4. The summed E-state index contributed by atoms with van der Waals surface area (Å²) in [6.45, 7) is 1.07. The Morgan fingerprint density at radius 3 is 2.06 bits per heavy atom. The van der Waals surface area contributed by atoms with Gasteiger partial charge < -0.3 is 10.5 Å². The molecular formula is C11H10F3NO3. The quantitative estimate of drug-likeness (QED) is 0.843. The minimum Gasteiger partial charge on any atom is -0.447 e. The highest BCUT2D eigenvalue weighted by molar-refractivity contribution is 5.83. The Kier molecular flexibility index (Phi) is 3.95. The maximum atomic E-state index is 12.3. The van der Waals surface area contributed by atoms with Crippen LogP contribution in [0.4, 0.5) is 13.2 Å². The molecule has 4 nitrogen and oxygen atoms in total. The summed E-state index contributed by atoms with van der Waals surface area (Å²) in [6.07, 6.45) is -5.85. The molecule has 0 unspecified atom stereocenters. The number of alkyl halides is 3. The molecule has 1 atom stereocenters. The van der Waals surface area contributed by atoms with Gasteiger partial charge in [-0.15, -0.1) is 0 Å². The molecule has 0 heterocycles. The maximum absolute atomic E-state index is 12.3. The zero-order chi connectivity index (χ0) is 13.9. The molecule has 0 saturated heterocycles. The van der Waals surface area contributed by atoms with E-state index in [1.54, 1.807) is 0 Å². The second-order valence-corrected chi connectivity index (χ2v) is 3.51. The lowest BCUT2D eigenvalue weighted by molar-refractivity contribution is -0.153. The number of amides is 1. The molecule has 98 valence electrons. The summed E-state index contributed by atoms with van der Waals surface area (Å²) in [5.74, 6) is -1.70. The number of nitrogens with two attached hydrogens (primary N) is 1. The number of hydrogen-bond donors (Lipinski definition) is 1. The van der Waals surface area contributed by atoms with Gasteiger partial charge in [-0.1, -0.05) is 12.1 Å². The van der Waals surface area contributed by atoms with Crippen LogP contribution in [0, 0.1) is 0 Å². The van der Waals surface area contributed by atoms with E-state index in [1.165, 1.54) is 0 Å². The number of rotatable bonds is 3. The van der Waals surface area contributed by atoms with E-state index in [0.29, 0.717) is 0 Å². The molecule has 1 rings (SSSR count). The van der Waals surface area contributed by atoms with Crippen LogP contribution in [0.5, 0.6) is 0 Å². The third kappa shape index (κ3) is 3.47. The second kappa shape index (κ2) is 5.07. The third-order valence-corrected chi connectivity index (χ3v) is 2.08. The van der Waals surface area contributed by atoms with Gasteiger partial charge in [0.2, 0.25) is 6.10 Å². The van der Waals surface area contributed by atoms with Gasteiger partial charge >= 0.3 is 12.1 Å². The van der Waals surface area contributed by atoms with Crippen molar-refractivity contribution in [3.05, 3.63) is 35.4 Å². The molecule has 0 radical (unpaired) electrons. The van der Waals surface area contributed by atoms with Gasteiger partial charge in [0.25, 0.3) is 5.91 Å². The fourth-order valence-electron chi connectivity index (χ4n) is 1.30. The van der Waals surface area contributed by atoms with Gasteiger partial charge in [-0.3, -0.25) is 9.59 Å². The molecule has 0 bridgehead atoms. The maximum Gasteiger partial charge on any atom is 0.416 e. The lowest BCUT2D eigenvalue weighted by Gasteiger charge is -2.14. The van der Waals surface area contributed by atoms with Crippen molar-refractivity contribution < 1.29 is 27.5 Å². The van der Waals surface area contributed by atoms with Gasteiger partial charge in [-0.25, -0.2) is 0 Å². The van der Waals surface area contributed by atoms with Crippen molar-refractivity contribution >= 4 is 11.9 Å². The first-order valence-electron chi connectivity index (χ1n) is 4.85. The molecule has 1 aromatic rings. The van der Waals surface area contributed by atoms with Crippen molar-refractivity contribution in [3.63, 3.8) is 0 Å². The van der Waals surface area contributed by atoms with Crippen molar-refractivity contribution in [1.29, 1.82) is 0 Å². The molecule has 0 spiro atoms. The van der Waals surface area contributed by atoms with Crippen molar-refractivity contribution in [2.45, 2.75) is 19.2 Å². The zero-order valence-corrected chi connectivity index (χ0v) is 9.32. The van der Waals surface area contributed by atoms with Crippen LogP contribution in [0.3, 0.4) is 0 Å². The lowest BCUT2D eigenvalue weighted by atomic mass is 10.1. The second-order valence-electron chi connectivity index (χ2n) is 3.51. The van der Waals surface area contributed by atoms with Crippen molar-refractivity contribution in [2.75, 3.05) is 0 Å². The van der Waals surface area contributed by atoms with Crippen LogP contribution >= 0.6 is 0 Å². The first-order valence-corrected chi connectivity index (χ1v) is 4.85. The zero-order valence-electron chi connectivity index (χ0n) is 9.32. The summed E-state index contributed by atoms with van der Waals surface area (Å²) >= 11 is 0. The van der Waals surface area contributed by atoms with Crippen LogP contribution in [0.25, 0.3) is 0 Å². The molecule has 0 aliphatic carbocycles. The predicted octanol–water partition coefficient (Wildman–Crippen LogP) is 1.79. The van der Waals surface area contributed by atoms with Crippen molar-refractivity contribution in [3.8, 4) is 0 Å². The summed E-state index contributed by atoms with van der Waals surface area (Å²) in [5.41, 5.74) is 4.23. The van der Waals surface area contributed by atoms with Crippen molar-refractivity contribution in [1.82, 2.24) is 0 Å². The van der Waals surface area contributed by atoms with Gasteiger partial charge in [0.05, 0.1) is 5.56 Å². The predicted molar refractivity (Wildman–Crippen MR) is 55.1 cm³/mol. The summed E-state index contributed by atoms with van der Waals surface area (Å²) in [4.78, 5) is 21.8. The Morgan fingerprint density at radius 1 is 1.22 bits per heavy atom. The standard InChI is InChI=1S/C11H10F3NO3/c1-6(16)18-9(10(15)17)7-2-4-8(5-3-7)11(12,13)14/h2-5,9H,1H3,(H2,15,17)/t9-/m0/s1. The summed E-state index contributed by atoms with van der Waals surface area (Å²) < 4.78 is 41.6. The number of halogens is 3. The largest absolute Gasteiger partial charge is 0.447 e. The van der Waals surface area contributed by atoms with Gasteiger partial charge in [0.15, 0.2) is 0 Å². The summed E-state index contributed by atoms with van der Waals surface area (Å²) in [7, 11) is 0. The highest BCUT2D eigenvalue weighted by Gasteiger charge is 2.31. The van der Waals surface area contributed by atoms with Gasteiger partial charge in [0, 0.05) is 12.5 Å². The molecule has 0 aliphatic rings. The normalized spacial score (nSPS) is 12.9. The average molecular weight is 261 g/mol. The fraction of sp³-hybridized carbons (Fsp3) is 0.273. The van der Waals surface area contributed by atoms with E-state index in [0.717, 1.165) is 31.2 Å². The van der Waals surface area contributed by atoms with E-state index in [-0.39, 0.29) is 5.56 Å². The molecular weight excluding hydrogens is 251 g/mol. The first kappa shape index (κ1) is 14.0. The smallest absolute Gasteiger partial charge is 0.416 e. The summed E-state index contributed by atoms with van der Waals surface area (Å²) in [6, 6.07) is 3.66. The van der Waals surface area contributed by atoms with E-state index in [4.69, 9.17) is 5.73 Å². The van der Waals surface area contributed by atoms with E-state index in [9.17, 15) is 22.8 Å². The molecule has 18 heavy (non-hydrogen) atoms. The van der Waals surface area contributed by atoms with E-state index in [2.05, 4.69) is 4.74 Å². The Labute approximate surface area is 101 Å². The molecule has 0 fully saturated rings. The van der Waals surface area contributed by atoms with Crippen LogP contribution in [0.2, 0.25) is 0 Å². The lowest BCUT2D eigenvalue weighted by Crippen LogP contribution is -2.25. The number of hydrogen-bond acceptors (Lipinski definition) is 3. The molecule has 2 N–H and O–H groups in total. The number of esters is 1. The molecule has 7 heteroatoms.